The van der Waals surface area contributed by atoms with Gasteiger partial charge in [-0.15, -0.1) is 0 Å². The summed E-state index contributed by atoms with van der Waals surface area (Å²) in [7, 11) is 4.81. The Balaban J connectivity index is 1.57. The van der Waals surface area contributed by atoms with Gasteiger partial charge >= 0.3 is 5.97 Å². The fraction of sp³-hybridized carbons (Fsp3) is 0.419. The monoisotopic (exact) mass is 595 g/mol. The van der Waals surface area contributed by atoms with Crippen LogP contribution in [0.2, 0.25) is 0 Å². The first kappa shape index (κ1) is 27.3. The number of methoxy groups -OCH3 is 3. The normalized spacial score (nSPS) is 21.4. The van der Waals surface area contributed by atoms with Gasteiger partial charge in [-0.05, 0) is 80.8 Å². The predicted octanol–water partition coefficient (Wildman–Crippen LogP) is 6.32. The summed E-state index contributed by atoms with van der Waals surface area (Å²) in [5.41, 5.74) is 4.36. The maximum Gasteiger partial charge on any atom is 0.337 e. The van der Waals surface area contributed by atoms with Crippen molar-refractivity contribution >= 4 is 27.7 Å². The Hall–Kier alpha value is -3.26. The van der Waals surface area contributed by atoms with Crippen LogP contribution in [0.5, 0.6) is 17.2 Å². The van der Waals surface area contributed by atoms with Gasteiger partial charge in [0.2, 0.25) is 0 Å². The summed E-state index contributed by atoms with van der Waals surface area (Å²) in [5, 5.41) is 3.44. The van der Waals surface area contributed by atoms with E-state index in [9.17, 15) is 9.59 Å². The molecule has 2 aromatic rings. The van der Waals surface area contributed by atoms with E-state index in [1.807, 2.05) is 43.3 Å². The number of allylic oxidation sites excluding steroid dienone is 3. The summed E-state index contributed by atoms with van der Waals surface area (Å²) < 4.78 is 23.5. The molecule has 2 atom stereocenters. The number of ketones is 1. The molecule has 0 saturated heterocycles. The number of nitrogens with one attached hydrogen (secondary N) is 1. The van der Waals surface area contributed by atoms with Gasteiger partial charge in [-0.25, -0.2) is 4.79 Å². The number of benzene rings is 2. The quantitative estimate of drug-likeness (QED) is 0.375. The standard InChI is InChI=1S/C31H34BrNO6/c1-17-28(31(35)39-21-7-5-6-8-21)29(22-16-20(32)10-12-25(22)36-2)30-23(33-17)13-19(14-24(30)34)18-9-11-26(37-3)27(15-18)38-4/h9-12,15-16,19,21,29,33H,5-8,13-14H2,1-4H3/t19-,29+/m0/s1. The summed E-state index contributed by atoms with van der Waals surface area (Å²) in [4.78, 5) is 27.7. The molecule has 0 unspecified atom stereocenters. The fourth-order valence-electron chi connectivity index (χ4n) is 6.11. The first-order valence-electron chi connectivity index (χ1n) is 13.3. The molecular weight excluding hydrogens is 562 g/mol. The summed E-state index contributed by atoms with van der Waals surface area (Å²) in [5.74, 6) is 0.865. The van der Waals surface area contributed by atoms with Crippen molar-refractivity contribution in [2.45, 2.75) is 63.4 Å². The number of halogens is 1. The van der Waals surface area contributed by atoms with Gasteiger partial charge in [0, 0.05) is 33.4 Å². The molecule has 5 rings (SSSR count). The van der Waals surface area contributed by atoms with E-state index >= 15 is 0 Å². The van der Waals surface area contributed by atoms with Crippen molar-refractivity contribution in [1.82, 2.24) is 5.32 Å². The van der Waals surface area contributed by atoms with Crippen LogP contribution in [0.15, 0.2) is 63.4 Å². The van der Waals surface area contributed by atoms with Gasteiger partial charge in [0.05, 0.1) is 32.8 Å². The molecule has 1 N–H and O–H groups in total. The van der Waals surface area contributed by atoms with Crippen molar-refractivity contribution in [2.24, 2.45) is 0 Å². The number of dihydropyridines is 1. The molecule has 7 nitrogen and oxygen atoms in total. The molecule has 0 radical (unpaired) electrons. The molecule has 1 aliphatic heterocycles. The maximum atomic E-state index is 14.0. The van der Waals surface area contributed by atoms with E-state index in [-0.39, 0.29) is 23.8 Å². The van der Waals surface area contributed by atoms with Crippen LogP contribution < -0.4 is 19.5 Å². The molecule has 0 bridgehead atoms. The van der Waals surface area contributed by atoms with E-state index in [2.05, 4.69) is 21.2 Å². The number of esters is 1. The highest BCUT2D eigenvalue weighted by molar-refractivity contribution is 9.10. The van der Waals surface area contributed by atoms with Gasteiger partial charge in [-0.3, -0.25) is 4.79 Å². The molecule has 0 amide bonds. The minimum atomic E-state index is -0.596. The zero-order chi connectivity index (χ0) is 27.7. The largest absolute Gasteiger partial charge is 0.496 e. The lowest BCUT2D eigenvalue weighted by atomic mass is 9.71. The molecule has 206 valence electrons. The predicted molar refractivity (Wildman–Crippen MR) is 151 cm³/mol. The highest BCUT2D eigenvalue weighted by atomic mass is 79.9. The Labute approximate surface area is 237 Å². The number of hydrogen-bond acceptors (Lipinski definition) is 7. The average Bonchev–Trinajstić information content (AvgIpc) is 3.44. The van der Waals surface area contributed by atoms with E-state index in [0.717, 1.165) is 47.0 Å². The Bertz CT molecular complexity index is 1360. The summed E-state index contributed by atoms with van der Waals surface area (Å²) in [6, 6.07) is 11.5. The van der Waals surface area contributed by atoms with E-state index in [0.29, 0.717) is 46.9 Å². The van der Waals surface area contributed by atoms with Gasteiger partial charge in [0.25, 0.3) is 0 Å². The third-order valence-electron chi connectivity index (χ3n) is 8.01. The molecule has 8 heteroatoms. The van der Waals surface area contributed by atoms with E-state index < -0.39 is 5.92 Å². The van der Waals surface area contributed by atoms with Crippen LogP contribution in [-0.2, 0) is 14.3 Å². The van der Waals surface area contributed by atoms with Crippen LogP contribution in [0.1, 0.15) is 68.4 Å². The fourth-order valence-corrected chi connectivity index (χ4v) is 6.49. The SMILES string of the molecule is COc1ccc([C@@H]2CC(=O)C3=C(C2)NC(C)=C(C(=O)OC2CCCC2)[C@H]3c2cc(Br)ccc2OC)cc1OC. The molecule has 1 heterocycles. The van der Waals surface area contributed by atoms with Gasteiger partial charge < -0.3 is 24.3 Å². The second-order valence-electron chi connectivity index (χ2n) is 10.3. The number of Topliss-reactive ketones (excluding diaryl/α,β-unsaturated/α-hetero) is 1. The maximum absolute atomic E-state index is 14.0. The van der Waals surface area contributed by atoms with Crippen molar-refractivity contribution in [3.63, 3.8) is 0 Å². The van der Waals surface area contributed by atoms with Crippen LogP contribution in [0.4, 0.5) is 0 Å². The van der Waals surface area contributed by atoms with Crippen LogP contribution in [0.25, 0.3) is 0 Å². The Morgan fingerprint density at radius 3 is 2.31 bits per heavy atom. The molecule has 0 aromatic heterocycles. The van der Waals surface area contributed by atoms with E-state index in [4.69, 9.17) is 18.9 Å². The Kier molecular flexibility index (Phi) is 8.03. The number of carbonyl (C=O) groups is 2. The van der Waals surface area contributed by atoms with Gasteiger partial charge in [-0.2, -0.15) is 0 Å². The lowest BCUT2D eigenvalue weighted by Gasteiger charge is -2.37. The van der Waals surface area contributed by atoms with Crippen molar-refractivity contribution in [2.75, 3.05) is 21.3 Å². The summed E-state index contributed by atoms with van der Waals surface area (Å²) >= 11 is 3.58. The van der Waals surface area contributed by atoms with Gasteiger partial charge in [0.1, 0.15) is 11.9 Å². The van der Waals surface area contributed by atoms with Crippen molar-refractivity contribution in [1.29, 1.82) is 0 Å². The second kappa shape index (κ2) is 11.5. The molecule has 1 fully saturated rings. The first-order chi connectivity index (χ1) is 18.8. The Morgan fingerprint density at radius 1 is 0.923 bits per heavy atom. The van der Waals surface area contributed by atoms with Crippen molar-refractivity contribution < 1.29 is 28.5 Å². The third-order valence-corrected chi connectivity index (χ3v) is 8.50. The topological polar surface area (TPSA) is 83.1 Å². The zero-order valence-electron chi connectivity index (χ0n) is 22.8. The van der Waals surface area contributed by atoms with Crippen LogP contribution >= 0.6 is 15.9 Å². The minimum absolute atomic E-state index is 0.00534. The molecule has 39 heavy (non-hydrogen) atoms. The van der Waals surface area contributed by atoms with Gasteiger partial charge in [0.15, 0.2) is 17.3 Å². The molecular formula is C31H34BrNO6. The van der Waals surface area contributed by atoms with E-state index in [1.54, 1.807) is 21.3 Å². The second-order valence-corrected chi connectivity index (χ2v) is 11.2. The van der Waals surface area contributed by atoms with Gasteiger partial charge in [-0.1, -0.05) is 22.0 Å². The molecule has 0 spiro atoms. The first-order valence-corrected chi connectivity index (χ1v) is 14.1. The molecule has 2 aromatic carbocycles. The lowest BCUT2D eigenvalue weighted by Crippen LogP contribution is -2.36. The van der Waals surface area contributed by atoms with Crippen LogP contribution in [0.3, 0.4) is 0 Å². The number of rotatable bonds is 7. The number of ether oxygens (including phenoxy) is 4. The number of hydrogen-bond donors (Lipinski definition) is 1. The third kappa shape index (κ3) is 5.31. The minimum Gasteiger partial charge on any atom is -0.496 e. The Morgan fingerprint density at radius 2 is 1.62 bits per heavy atom. The van der Waals surface area contributed by atoms with Crippen LogP contribution in [0, 0.1) is 0 Å². The molecule has 1 saturated carbocycles. The van der Waals surface area contributed by atoms with Crippen molar-refractivity contribution in [3.05, 3.63) is 74.5 Å². The lowest BCUT2D eigenvalue weighted by molar-refractivity contribution is -0.144. The zero-order valence-corrected chi connectivity index (χ0v) is 24.4. The molecule has 2 aliphatic carbocycles. The highest BCUT2D eigenvalue weighted by Crippen LogP contribution is 2.49. The van der Waals surface area contributed by atoms with E-state index in [1.165, 1.54) is 0 Å². The molecule has 3 aliphatic rings. The highest BCUT2D eigenvalue weighted by Gasteiger charge is 2.43. The summed E-state index contributed by atoms with van der Waals surface area (Å²) in [6.45, 7) is 1.89. The van der Waals surface area contributed by atoms with Crippen LogP contribution in [-0.4, -0.2) is 39.2 Å². The number of carbonyl (C=O) groups excluding carboxylic acids is 2. The van der Waals surface area contributed by atoms with Crippen molar-refractivity contribution in [3.8, 4) is 17.2 Å². The smallest absolute Gasteiger partial charge is 0.337 e. The summed E-state index contributed by atoms with van der Waals surface area (Å²) in [6.07, 6.45) is 4.70. The average molecular weight is 597 g/mol.